The van der Waals surface area contributed by atoms with E-state index in [0.717, 1.165) is 22.9 Å². The van der Waals surface area contributed by atoms with Crippen LogP contribution < -0.4 is 0 Å². The Morgan fingerprint density at radius 3 is 2.38 bits per heavy atom. The molecule has 110 valence electrons. The Kier molecular flexibility index (Phi) is 6.64. The van der Waals surface area contributed by atoms with Gasteiger partial charge in [-0.3, -0.25) is 4.79 Å². The molecule has 2 nitrogen and oxygen atoms in total. The highest BCUT2D eigenvalue weighted by atomic mass is 79.9. The maximum Gasteiger partial charge on any atom is 0.162 e. The first-order valence-electron chi connectivity index (χ1n) is 7.16. The largest absolute Gasteiger partial charge is 0.381 e. The number of ketones is 1. The Labute approximate surface area is 134 Å². The van der Waals surface area contributed by atoms with Gasteiger partial charge in [0.05, 0.1) is 6.61 Å². The van der Waals surface area contributed by atoms with Gasteiger partial charge in [-0.15, -0.1) is 0 Å². The molecule has 0 unspecified atom stereocenters. The van der Waals surface area contributed by atoms with Crippen molar-refractivity contribution in [3.63, 3.8) is 0 Å². The van der Waals surface area contributed by atoms with Gasteiger partial charge in [-0.25, -0.2) is 0 Å². The number of halogens is 1. The minimum Gasteiger partial charge on any atom is -0.381 e. The number of carbonyl (C=O) groups is 1. The van der Waals surface area contributed by atoms with Crippen molar-refractivity contribution in [3.8, 4) is 0 Å². The van der Waals surface area contributed by atoms with Gasteiger partial charge in [-0.05, 0) is 30.5 Å². The molecule has 2 rings (SSSR count). The molecule has 2 aromatic carbocycles. The fraction of sp³-hybridized carbons (Fsp3) is 0.278. The van der Waals surface area contributed by atoms with Crippen LogP contribution in [0.3, 0.4) is 0 Å². The van der Waals surface area contributed by atoms with Crippen LogP contribution in [0, 0.1) is 0 Å². The van der Waals surface area contributed by atoms with E-state index in [2.05, 4.69) is 28.1 Å². The summed E-state index contributed by atoms with van der Waals surface area (Å²) < 4.78 is 6.57. The Balaban J connectivity index is 1.59. The first kappa shape index (κ1) is 15.9. The molecule has 21 heavy (non-hydrogen) atoms. The van der Waals surface area contributed by atoms with Crippen molar-refractivity contribution < 1.29 is 9.53 Å². The van der Waals surface area contributed by atoms with Crippen LogP contribution in [0.15, 0.2) is 59.1 Å². The molecule has 0 fully saturated rings. The molecule has 0 bridgehead atoms. The van der Waals surface area contributed by atoms with Crippen molar-refractivity contribution in [3.05, 3.63) is 70.2 Å². The number of hydrogen-bond acceptors (Lipinski definition) is 2. The number of hydrogen-bond donors (Lipinski definition) is 0. The summed E-state index contributed by atoms with van der Waals surface area (Å²) in [4.78, 5) is 11.9. The lowest BCUT2D eigenvalue weighted by Gasteiger charge is -2.05. The standard InChI is InChI=1S/C18H19BrO2/c19-17-10-8-16(9-11-17)18(20)7-4-13-21-14-12-15-5-2-1-3-6-15/h1-3,5-6,8-11H,4,7,12-14H2. The van der Waals surface area contributed by atoms with Crippen LogP contribution >= 0.6 is 15.9 Å². The van der Waals surface area contributed by atoms with Crippen molar-refractivity contribution in [2.45, 2.75) is 19.3 Å². The van der Waals surface area contributed by atoms with Gasteiger partial charge in [0.1, 0.15) is 0 Å². The quantitative estimate of drug-likeness (QED) is 0.512. The molecule has 0 saturated carbocycles. The van der Waals surface area contributed by atoms with E-state index in [1.807, 2.05) is 42.5 Å². The Morgan fingerprint density at radius 2 is 1.67 bits per heavy atom. The minimum absolute atomic E-state index is 0.175. The fourth-order valence-electron chi connectivity index (χ4n) is 2.05. The number of rotatable bonds is 8. The maximum atomic E-state index is 11.9. The van der Waals surface area contributed by atoms with Gasteiger partial charge in [0, 0.05) is 23.1 Å². The molecule has 0 aliphatic rings. The van der Waals surface area contributed by atoms with Gasteiger partial charge in [-0.1, -0.05) is 58.4 Å². The molecule has 0 spiro atoms. The summed E-state index contributed by atoms with van der Waals surface area (Å²) in [7, 11) is 0. The molecular formula is C18H19BrO2. The van der Waals surface area contributed by atoms with Gasteiger partial charge >= 0.3 is 0 Å². The average molecular weight is 347 g/mol. The van der Waals surface area contributed by atoms with Crippen LogP contribution in [-0.4, -0.2) is 19.0 Å². The van der Waals surface area contributed by atoms with Crippen LogP contribution in [0.5, 0.6) is 0 Å². The molecule has 0 aromatic heterocycles. The van der Waals surface area contributed by atoms with Crippen molar-refractivity contribution in [1.29, 1.82) is 0 Å². The third-order valence-corrected chi connectivity index (χ3v) is 3.77. The van der Waals surface area contributed by atoms with E-state index < -0.39 is 0 Å². The predicted octanol–water partition coefficient (Wildman–Crippen LogP) is 4.67. The van der Waals surface area contributed by atoms with Crippen molar-refractivity contribution >= 4 is 21.7 Å². The second kappa shape index (κ2) is 8.75. The Hall–Kier alpha value is -1.45. The normalized spacial score (nSPS) is 10.5. The van der Waals surface area contributed by atoms with Crippen LogP contribution in [0.2, 0.25) is 0 Å². The van der Waals surface area contributed by atoms with Gasteiger partial charge in [0.25, 0.3) is 0 Å². The highest BCUT2D eigenvalue weighted by molar-refractivity contribution is 9.10. The van der Waals surface area contributed by atoms with Crippen LogP contribution in [0.25, 0.3) is 0 Å². The Bertz CT molecular complexity index is 549. The van der Waals surface area contributed by atoms with Crippen molar-refractivity contribution in [1.82, 2.24) is 0 Å². The summed E-state index contributed by atoms with van der Waals surface area (Å²) in [5.41, 5.74) is 2.05. The zero-order chi connectivity index (χ0) is 14.9. The SMILES string of the molecule is O=C(CCCOCCc1ccccc1)c1ccc(Br)cc1. The van der Waals surface area contributed by atoms with Crippen molar-refractivity contribution in [2.24, 2.45) is 0 Å². The lowest BCUT2D eigenvalue weighted by Crippen LogP contribution is -2.04. The van der Waals surface area contributed by atoms with E-state index in [-0.39, 0.29) is 5.78 Å². The van der Waals surface area contributed by atoms with Gasteiger partial charge in [-0.2, -0.15) is 0 Å². The van der Waals surface area contributed by atoms with E-state index in [0.29, 0.717) is 19.6 Å². The molecule has 0 heterocycles. The smallest absolute Gasteiger partial charge is 0.162 e. The molecule has 3 heteroatoms. The first-order chi connectivity index (χ1) is 10.3. The summed E-state index contributed by atoms with van der Waals surface area (Å²) in [5, 5.41) is 0. The number of ether oxygens (including phenoxy) is 1. The highest BCUT2D eigenvalue weighted by Crippen LogP contribution is 2.12. The van der Waals surface area contributed by atoms with E-state index in [9.17, 15) is 4.79 Å². The van der Waals surface area contributed by atoms with Crippen LogP contribution in [0.4, 0.5) is 0 Å². The predicted molar refractivity (Wildman–Crippen MR) is 88.7 cm³/mol. The second-order valence-corrected chi connectivity index (χ2v) is 5.80. The summed E-state index contributed by atoms with van der Waals surface area (Å²) in [5.74, 6) is 0.175. The summed E-state index contributed by atoms with van der Waals surface area (Å²) >= 11 is 3.36. The second-order valence-electron chi connectivity index (χ2n) is 4.88. The van der Waals surface area contributed by atoms with Gasteiger partial charge < -0.3 is 4.74 Å². The zero-order valence-electron chi connectivity index (χ0n) is 11.9. The molecule has 0 aliphatic heterocycles. The van der Waals surface area contributed by atoms with E-state index in [4.69, 9.17) is 4.74 Å². The van der Waals surface area contributed by atoms with E-state index in [1.54, 1.807) is 0 Å². The lowest BCUT2D eigenvalue weighted by atomic mass is 10.1. The fourth-order valence-corrected chi connectivity index (χ4v) is 2.32. The average Bonchev–Trinajstić information content (AvgIpc) is 2.52. The maximum absolute atomic E-state index is 11.9. The van der Waals surface area contributed by atoms with Crippen LogP contribution in [-0.2, 0) is 11.2 Å². The monoisotopic (exact) mass is 346 g/mol. The lowest BCUT2D eigenvalue weighted by molar-refractivity contribution is 0.0940. The summed E-state index contributed by atoms with van der Waals surface area (Å²) in [6.45, 7) is 1.34. The molecule has 2 aromatic rings. The minimum atomic E-state index is 0.175. The topological polar surface area (TPSA) is 26.3 Å². The molecule has 0 radical (unpaired) electrons. The number of benzene rings is 2. The summed E-state index contributed by atoms with van der Waals surface area (Å²) in [6, 6.07) is 17.8. The third kappa shape index (κ3) is 5.82. The molecule has 0 N–H and O–H groups in total. The van der Waals surface area contributed by atoms with Crippen LogP contribution in [0.1, 0.15) is 28.8 Å². The van der Waals surface area contributed by atoms with E-state index in [1.165, 1.54) is 5.56 Å². The number of carbonyl (C=O) groups excluding carboxylic acids is 1. The van der Waals surface area contributed by atoms with E-state index >= 15 is 0 Å². The molecule has 0 atom stereocenters. The van der Waals surface area contributed by atoms with Crippen molar-refractivity contribution in [2.75, 3.05) is 13.2 Å². The molecule has 0 amide bonds. The Morgan fingerprint density at radius 1 is 0.952 bits per heavy atom. The first-order valence-corrected chi connectivity index (χ1v) is 7.95. The summed E-state index contributed by atoms with van der Waals surface area (Å²) in [6.07, 6.45) is 2.22. The van der Waals surface area contributed by atoms with Gasteiger partial charge in [0.15, 0.2) is 5.78 Å². The number of Topliss-reactive ketones (excluding diaryl/α,β-unsaturated/α-hetero) is 1. The zero-order valence-corrected chi connectivity index (χ0v) is 13.5. The highest BCUT2D eigenvalue weighted by Gasteiger charge is 2.05. The third-order valence-electron chi connectivity index (χ3n) is 3.24. The molecular weight excluding hydrogens is 328 g/mol. The molecule has 0 saturated heterocycles. The van der Waals surface area contributed by atoms with Gasteiger partial charge in [0.2, 0.25) is 0 Å². The molecule has 0 aliphatic carbocycles.